The van der Waals surface area contributed by atoms with Crippen LogP contribution in [0.1, 0.15) is 13.8 Å². The van der Waals surface area contributed by atoms with Gasteiger partial charge in [-0.3, -0.25) is 19.7 Å². The van der Waals surface area contributed by atoms with Crippen LogP contribution in [0.15, 0.2) is 18.2 Å². The van der Waals surface area contributed by atoms with Gasteiger partial charge in [0.2, 0.25) is 0 Å². The summed E-state index contributed by atoms with van der Waals surface area (Å²) >= 11 is 0. The molecule has 0 fully saturated rings. The SMILES string of the molecule is COc1ccc(NC(=O)[C@@H](C)OC(C)=O)c([N+](=O)[O-])c1. The highest BCUT2D eigenvalue weighted by Crippen LogP contribution is 2.29. The van der Waals surface area contributed by atoms with Crippen LogP contribution in [0.5, 0.6) is 5.75 Å². The van der Waals surface area contributed by atoms with Crippen LogP contribution < -0.4 is 10.1 Å². The van der Waals surface area contributed by atoms with Gasteiger partial charge >= 0.3 is 5.97 Å². The van der Waals surface area contributed by atoms with Crippen molar-refractivity contribution in [3.05, 3.63) is 28.3 Å². The van der Waals surface area contributed by atoms with Gasteiger partial charge in [-0.25, -0.2) is 0 Å². The fourth-order valence-electron chi connectivity index (χ4n) is 1.43. The smallest absolute Gasteiger partial charge is 0.303 e. The fourth-order valence-corrected chi connectivity index (χ4v) is 1.43. The number of anilines is 1. The minimum Gasteiger partial charge on any atom is -0.496 e. The molecule has 0 radical (unpaired) electrons. The monoisotopic (exact) mass is 282 g/mol. The van der Waals surface area contributed by atoms with Crippen LogP contribution in [0.4, 0.5) is 11.4 Å². The Kier molecular flexibility index (Phi) is 5.01. The summed E-state index contributed by atoms with van der Waals surface area (Å²) in [5, 5.41) is 13.3. The number of ether oxygens (including phenoxy) is 2. The molecule has 20 heavy (non-hydrogen) atoms. The highest BCUT2D eigenvalue weighted by atomic mass is 16.6. The summed E-state index contributed by atoms with van der Waals surface area (Å²) in [6.45, 7) is 2.53. The largest absolute Gasteiger partial charge is 0.496 e. The van der Waals surface area contributed by atoms with Crippen LogP contribution in [0.3, 0.4) is 0 Å². The van der Waals surface area contributed by atoms with E-state index in [4.69, 9.17) is 4.74 Å². The summed E-state index contributed by atoms with van der Waals surface area (Å²) in [6, 6.07) is 4.00. The Bertz CT molecular complexity index is 543. The van der Waals surface area contributed by atoms with E-state index in [1.54, 1.807) is 0 Å². The number of nitrogens with zero attached hydrogens (tertiary/aromatic N) is 1. The number of amides is 1. The second-order valence-electron chi connectivity index (χ2n) is 3.88. The number of benzene rings is 1. The fraction of sp³-hybridized carbons (Fsp3) is 0.333. The molecule has 1 N–H and O–H groups in total. The molecular formula is C12H14N2O6. The predicted octanol–water partition coefficient (Wildman–Crippen LogP) is 1.49. The zero-order valence-corrected chi connectivity index (χ0v) is 11.2. The second-order valence-corrected chi connectivity index (χ2v) is 3.88. The van der Waals surface area contributed by atoms with E-state index in [0.717, 1.165) is 0 Å². The number of rotatable bonds is 5. The lowest BCUT2D eigenvalue weighted by atomic mass is 10.2. The molecule has 0 bridgehead atoms. The van der Waals surface area contributed by atoms with E-state index in [2.05, 4.69) is 10.1 Å². The molecule has 0 heterocycles. The van der Waals surface area contributed by atoms with E-state index in [1.165, 1.54) is 39.2 Å². The molecule has 8 heteroatoms. The lowest BCUT2D eigenvalue weighted by molar-refractivity contribution is -0.384. The quantitative estimate of drug-likeness (QED) is 0.498. The third kappa shape index (κ3) is 3.94. The Labute approximate surface area is 114 Å². The van der Waals surface area contributed by atoms with Gasteiger partial charge in [-0.15, -0.1) is 0 Å². The molecule has 1 atom stereocenters. The average Bonchev–Trinajstić information content (AvgIpc) is 2.37. The number of nitrogens with one attached hydrogen (secondary N) is 1. The number of methoxy groups -OCH3 is 1. The average molecular weight is 282 g/mol. The number of hydrogen-bond donors (Lipinski definition) is 1. The minimum absolute atomic E-state index is 0.000183. The van der Waals surface area contributed by atoms with Gasteiger partial charge < -0.3 is 14.8 Å². The second kappa shape index (κ2) is 6.50. The molecule has 0 aromatic heterocycles. The molecule has 1 amide bonds. The summed E-state index contributed by atoms with van der Waals surface area (Å²) in [5.74, 6) is -0.979. The molecule has 108 valence electrons. The first-order valence-corrected chi connectivity index (χ1v) is 5.65. The van der Waals surface area contributed by atoms with Crippen molar-refractivity contribution in [2.24, 2.45) is 0 Å². The Balaban J connectivity index is 2.94. The molecule has 0 spiro atoms. The molecular weight excluding hydrogens is 268 g/mol. The van der Waals surface area contributed by atoms with E-state index in [0.29, 0.717) is 5.75 Å². The Morgan fingerprint density at radius 1 is 1.40 bits per heavy atom. The molecule has 8 nitrogen and oxygen atoms in total. The normalized spacial score (nSPS) is 11.3. The maximum atomic E-state index is 11.7. The highest BCUT2D eigenvalue weighted by Gasteiger charge is 2.21. The van der Waals surface area contributed by atoms with Crippen molar-refractivity contribution in [1.29, 1.82) is 0 Å². The molecule has 0 aliphatic rings. The molecule has 0 unspecified atom stereocenters. The lowest BCUT2D eigenvalue weighted by Crippen LogP contribution is -2.29. The van der Waals surface area contributed by atoms with Gasteiger partial charge in [0, 0.05) is 6.92 Å². The maximum Gasteiger partial charge on any atom is 0.303 e. The van der Waals surface area contributed by atoms with Gasteiger partial charge in [-0.05, 0) is 19.1 Å². The standard InChI is InChI=1S/C12H14N2O6/c1-7(20-8(2)15)12(16)13-10-5-4-9(19-3)6-11(10)14(17)18/h4-7H,1-3H3,(H,13,16)/t7-/m1/s1. The van der Waals surface area contributed by atoms with Gasteiger partial charge in [0.25, 0.3) is 11.6 Å². The summed E-state index contributed by atoms with van der Waals surface area (Å²) in [5.41, 5.74) is -0.312. The third-order valence-corrected chi connectivity index (χ3v) is 2.37. The Morgan fingerprint density at radius 2 is 2.05 bits per heavy atom. The van der Waals surface area contributed by atoms with Crippen molar-refractivity contribution >= 4 is 23.3 Å². The molecule has 1 rings (SSSR count). The minimum atomic E-state index is -1.05. The van der Waals surface area contributed by atoms with E-state index in [-0.39, 0.29) is 11.4 Å². The summed E-state index contributed by atoms with van der Waals surface area (Å²) in [4.78, 5) is 32.8. The highest BCUT2D eigenvalue weighted by molar-refractivity contribution is 5.96. The number of nitro benzene ring substituents is 1. The first kappa shape index (κ1) is 15.4. The van der Waals surface area contributed by atoms with Crippen molar-refractivity contribution < 1.29 is 24.0 Å². The van der Waals surface area contributed by atoms with Crippen LogP contribution in [0.25, 0.3) is 0 Å². The number of carbonyl (C=O) groups excluding carboxylic acids is 2. The van der Waals surface area contributed by atoms with Gasteiger partial charge in [0.05, 0.1) is 18.1 Å². The van der Waals surface area contributed by atoms with Crippen LogP contribution >= 0.6 is 0 Å². The number of nitro groups is 1. The maximum absolute atomic E-state index is 11.7. The first-order chi connectivity index (χ1) is 9.35. The van der Waals surface area contributed by atoms with E-state index >= 15 is 0 Å². The van der Waals surface area contributed by atoms with Crippen LogP contribution in [0.2, 0.25) is 0 Å². The molecule has 1 aromatic rings. The number of carbonyl (C=O) groups is 2. The van der Waals surface area contributed by atoms with Crippen molar-refractivity contribution in [2.45, 2.75) is 20.0 Å². The summed E-state index contributed by atoms with van der Waals surface area (Å²) < 4.78 is 9.56. The van der Waals surface area contributed by atoms with Crippen LogP contribution in [-0.4, -0.2) is 30.0 Å². The zero-order valence-electron chi connectivity index (χ0n) is 11.2. The van der Waals surface area contributed by atoms with Crippen molar-refractivity contribution in [2.75, 3.05) is 12.4 Å². The van der Waals surface area contributed by atoms with Gasteiger partial charge in [-0.2, -0.15) is 0 Å². The Hall–Kier alpha value is -2.64. The summed E-state index contributed by atoms with van der Waals surface area (Å²) in [6.07, 6.45) is -1.05. The van der Waals surface area contributed by atoms with Crippen molar-refractivity contribution in [3.63, 3.8) is 0 Å². The third-order valence-electron chi connectivity index (χ3n) is 2.37. The zero-order chi connectivity index (χ0) is 15.3. The molecule has 0 saturated heterocycles. The van der Waals surface area contributed by atoms with Gasteiger partial charge in [-0.1, -0.05) is 0 Å². The van der Waals surface area contributed by atoms with E-state index in [9.17, 15) is 19.7 Å². The summed E-state index contributed by atoms with van der Waals surface area (Å²) in [7, 11) is 1.38. The lowest BCUT2D eigenvalue weighted by Gasteiger charge is -2.12. The first-order valence-electron chi connectivity index (χ1n) is 5.65. The van der Waals surface area contributed by atoms with E-state index < -0.39 is 22.9 Å². The van der Waals surface area contributed by atoms with Gasteiger partial charge in [0.15, 0.2) is 6.10 Å². The van der Waals surface area contributed by atoms with Crippen LogP contribution in [-0.2, 0) is 14.3 Å². The van der Waals surface area contributed by atoms with Crippen LogP contribution in [0, 0.1) is 10.1 Å². The van der Waals surface area contributed by atoms with Crippen molar-refractivity contribution in [3.8, 4) is 5.75 Å². The Morgan fingerprint density at radius 3 is 2.55 bits per heavy atom. The number of hydrogen-bond acceptors (Lipinski definition) is 6. The van der Waals surface area contributed by atoms with Crippen molar-refractivity contribution in [1.82, 2.24) is 0 Å². The number of esters is 1. The van der Waals surface area contributed by atoms with Gasteiger partial charge in [0.1, 0.15) is 11.4 Å². The molecule has 0 saturated carbocycles. The molecule has 1 aromatic carbocycles. The predicted molar refractivity (Wildman–Crippen MR) is 69.5 cm³/mol. The van der Waals surface area contributed by atoms with E-state index in [1.807, 2.05) is 0 Å². The molecule has 0 aliphatic heterocycles. The molecule has 0 aliphatic carbocycles. The topological polar surface area (TPSA) is 108 Å².